The minimum Gasteiger partial charge on any atom is -0.480 e. The summed E-state index contributed by atoms with van der Waals surface area (Å²) in [5, 5.41) is 42.5. The van der Waals surface area contributed by atoms with Crippen LogP contribution in [0.15, 0.2) is 0 Å². The van der Waals surface area contributed by atoms with Crippen LogP contribution in [0.1, 0.15) is 64.2 Å². The van der Waals surface area contributed by atoms with E-state index in [1.165, 1.54) is 0 Å². The van der Waals surface area contributed by atoms with Crippen molar-refractivity contribution in [3.8, 4) is 0 Å². The summed E-state index contributed by atoms with van der Waals surface area (Å²) in [4.78, 5) is 63.3. The molecule has 0 saturated carbocycles. The lowest BCUT2D eigenvalue weighted by atomic mass is 10.1. The van der Waals surface area contributed by atoms with Crippen molar-refractivity contribution in [3.63, 3.8) is 0 Å². The van der Waals surface area contributed by atoms with Crippen molar-refractivity contribution in [2.75, 3.05) is 19.8 Å². The van der Waals surface area contributed by atoms with Crippen LogP contribution >= 0.6 is 0 Å². The average molecular weight is 492 g/mol. The zero-order chi connectivity index (χ0) is 25.8. The normalized spacial score (nSPS) is 11.1. The molecule has 0 fully saturated rings. The quantitative estimate of drug-likeness (QED) is 0.0516. The molecule has 0 aromatic rings. The smallest absolute Gasteiger partial charge is 0.326 e. The molecule has 0 aromatic carbocycles. The van der Waals surface area contributed by atoms with E-state index in [1.807, 2.05) is 0 Å². The second-order valence-electron chi connectivity index (χ2n) is 7.19. The number of carbonyl (C=O) groups is 3. The van der Waals surface area contributed by atoms with Crippen LogP contribution in [-0.2, 0) is 24.1 Å². The van der Waals surface area contributed by atoms with Crippen LogP contribution in [0.5, 0.6) is 0 Å². The lowest BCUT2D eigenvalue weighted by Crippen LogP contribution is -2.42. The maximum Gasteiger partial charge on any atom is 0.326 e. The first-order valence-corrected chi connectivity index (χ1v) is 10.8. The predicted molar refractivity (Wildman–Crippen MR) is 116 cm³/mol. The summed E-state index contributed by atoms with van der Waals surface area (Å²) < 4.78 is 0. The summed E-state index contributed by atoms with van der Waals surface area (Å²) in [6.07, 6.45) is 3.47. The molecule has 1 unspecified atom stereocenters. The third-order valence-electron chi connectivity index (χ3n) is 4.36. The Bertz CT molecular complexity index is 690. The Balaban J connectivity index is 3.93. The third kappa shape index (κ3) is 19.0. The second kappa shape index (κ2) is 18.8. The molecule has 0 aromatic heterocycles. The van der Waals surface area contributed by atoms with Crippen molar-refractivity contribution in [3.05, 3.63) is 20.2 Å². The molecule has 194 valence electrons. The van der Waals surface area contributed by atoms with E-state index in [2.05, 4.69) is 25.6 Å². The van der Waals surface area contributed by atoms with Crippen molar-refractivity contribution in [1.82, 2.24) is 16.0 Å². The highest BCUT2D eigenvalue weighted by Crippen LogP contribution is 2.03. The Morgan fingerprint density at radius 3 is 1.88 bits per heavy atom. The van der Waals surface area contributed by atoms with E-state index in [1.54, 1.807) is 0 Å². The largest absolute Gasteiger partial charge is 0.480 e. The number of amides is 2. The van der Waals surface area contributed by atoms with Gasteiger partial charge in [0.25, 0.3) is 10.2 Å². The Kier molecular flexibility index (Phi) is 16.8. The highest BCUT2D eigenvalue weighted by atomic mass is 17.0. The number of carboxylic acids is 1. The molecule has 16 nitrogen and oxygen atoms in total. The van der Waals surface area contributed by atoms with Gasteiger partial charge < -0.3 is 25.4 Å². The van der Waals surface area contributed by atoms with E-state index in [9.17, 15) is 39.7 Å². The summed E-state index contributed by atoms with van der Waals surface area (Å²) in [6.45, 7) is 0.106. The molecule has 0 saturated heterocycles. The van der Waals surface area contributed by atoms with Crippen molar-refractivity contribution < 1.29 is 39.3 Å². The van der Waals surface area contributed by atoms with Gasteiger partial charge in [-0.2, -0.15) is 0 Å². The summed E-state index contributed by atoms with van der Waals surface area (Å²) in [7, 11) is 0. The fraction of sp³-hybridized carbons (Fsp3) is 0.778. The number of rotatable bonds is 20. The predicted octanol–water partition coefficient (Wildman–Crippen LogP) is 0.514. The monoisotopic (exact) mass is 492 g/mol. The van der Waals surface area contributed by atoms with Crippen molar-refractivity contribution in [2.45, 2.75) is 70.3 Å². The average Bonchev–Trinajstić information content (AvgIpc) is 2.74. The Hall–Kier alpha value is -3.72. The number of hydrogen-bond donors (Lipinski definition) is 5. The molecule has 16 heteroatoms. The minimum atomic E-state index is -1.19. The number of unbranched alkanes of at least 4 members (excludes halogenated alkanes) is 4. The van der Waals surface area contributed by atoms with Gasteiger partial charge in [-0.25, -0.2) is 4.79 Å². The Morgan fingerprint density at radius 1 is 0.853 bits per heavy atom. The van der Waals surface area contributed by atoms with Gasteiger partial charge in [0.1, 0.15) is 6.04 Å². The van der Waals surface area contributed by atoms with Gasteiger partial charge in [-0.3, -0.25) is 20.3 Å². The number of nitrogens with zero attached hydrogens (tertiary/aromatic N) is 2. The van der Waals surface area contributed by atoms with Crippen LogP contribution in [0, 0.1) is 25.6 Å². The maximum atomic E-state index is 11.9. The van der Waals surface area contributed by atoms with Crippen molar-refractivity contribution in [1.29, 1.82) is 5.41 Å². The molecule has 0 aliphatic heterocycles. The van der Waals surface area contributed by atoms with E-state index in [0.717, 1.165) is 0 Å². The molecular weight excluding hydrogens is 460 g/mol. The molecule has 0 spiro atoms. The SMILES string of the molecule is N=C(NCCCC(NC(=O)CCCCCO[N+](=O)[O-])C(=O)O)NC(=O)CCCCCO[N+](=O)[O-]. The highest BCUT2D eigenvalue weighted by molar-refractivity contribution is 5.95. The van der Waals surface area contributed by atoms with Gasteiger partial charge in [-0.15, -0.1) is 20.2 Å². The molecule has 0 heterocycles. The van der Waals surface area contributed by atoms with Gasteiger partial charge in [0.15, 0.2) is 5.96 Å². The van der Waals surface area contributed by atoms with Crippen molar-refractivity contribution in [2.24, 2.45) is 0 Å². The molecule has 2 amide bonds. The van der Waals surface area contributed by atoms with E-state index >= 15 is 0 Å². The van der Waals surface area contributed by atoms with Gasteiger partial charge in [0.05, 0.1) is 13.2 Å². The van der Waals surface area contributed by atoms with Crippen LogP contribution in [0.2, 0.25) is 0 Å². The van der Waals surface area contributed by atoms with E-state index in [0.29, 0.717) is 44.9 Å². The first-order chi connectivity index (χ1) is 16.1. The fourth-order valence-electron chi connectivity index (χ4n) is 2.70. The number of guanidine groups is 1. The molecule has 0 rings (SSSR count). The lowest BCUT2D eigenvalue weighted by molar-refractivity contribution is -0.757. The maximum absolute atomic E-state index is 11.9. The zero-order valence-electron chi connectivity index (χ0n) is 18.8. The summed E-state index contributed by atoms with van der Waals surface area (Å²) in [5.41, 5.74) is 0. The Morgan fingerprint density at radius 2 is 1.38 bits per heavy atom. The molecule has 0 aliphatic carbocycles. The molecular formula is C18H32N6O10. The molecule has 5 N–H and O–H groups in total. The number of nitrogens with one attached hydrogen (secondary N) is 4. The topological polar surface area (TPSA) is 236 Å². The number of aliphatic carboxylic acids is 1. The first-order valence-electron chi connectivity index (χ1n) is 10.8. The van der Waals surface area contributed by atoms with Gasteiger partial charge in [0, 0.05) is 19.4 Å². The van der Waals surface area contributed by atoms with Crippen molar-refractivity contribution >= 4 is 23.7 Å². The molecule has 0 bridgehead atoms. The molecule has 0 aliphatic rings. The summed E-state index contributed by atoms with van der Waals surface area (Å²) in [5.74, 6) is -2.27. The van der Waals surface area contributed by atoms with Crippen LogP contribution in [0.25, 0.3) is 0 Å². The molecule has 34 heavy (non-hydrogen) atoms. The van der Waals surface area contributed by atoms with E-state index < -0.39 is 34.0 Å². The second-order valence-corrected chi connectivity index (χ2v) is 7.19. The van der Waals surface area contributed by atoms with E-state index in [4.69, 9.17) is 5.41 Å². The van der Waals surface area contributed by atoms with Crippen LogP contribution in [0.3, 0.4) is 0 Å². The standard InChI is InChI=1S/C18H32N6O10/c19-18(22-16(26)10-4-2-6-13-34-24(31)32)20-11-7-8-14(17(27)28)21-15(25)9-3-1-5-12-33-23(29)30/h14H,1-13H2,(H,21,25)(H,27,28)(H3,19,20,22,26). The number of carboxylic acid groups (broad SMARTS) is 1. The third-order valence-corrected chi connectivity index (χ3v) is 4.36. The Labute approximate surface area is 195 Å². The van der Waals surface area contributed by atoms with Crippen LogP contribution < -0.4 is 16.0 Å². The summed E-state index contributed by atoms with van der Waals surface area (Å²) >= 11 is 0. The first kappa shape index (κ1) is 30.3. The van der Waals surface area contributed by atoms with E-state index in [-0.39, 0.29) is 45.0 Å². The van der Waals surface area contributed by atoms with Crippen LogP contribution in [0.4, 0.5) is 0 Å². The number of carbonyl (C=O) groups excluding carboxylic acids is 2. The minimum absolute atomic E-state index is 0.0365. The summed E-state index contributed by atoms with van der Waals surface area (Å²) in [6, 6.07) is -1.10. The molecule has 1 atom stereocenters. The van der Waals surface area contributed by atoms with Gasteiger partial charge >= 0.3 is 5.97 Å². The van der Waals surface area contributed by atoms with Gasteiger partial charge in [-0.1, -0.05) is 12.8 Å². The molecule has 0 radical (unpaired) electrons. The zero-order valence-corrected chi connectivity index (χ0v) is 18.8. The lowest BCUT2D eigenvalue weighted by Gasteiger charge is -2.15. The fourth-order valence-corrected chi connectivity index (χ4v) is 2.70. The van der Waals surface area contributed by atoms with Gasteiger partial charge in [-0.05, 0) is 38.5 Å². The highest BCUT2D eigenvalue weighted by Gasteiger charge is 2.19. The van der Waals surface area contributed by atoms with Gasteiger partial charge in [0.2, 0.25) is 11.8 Å². The number of hydrogen-bond acceptors (Lipinski definition) is 10. The van der Waals surface area contributed by atoms with Crippen LogP contribution in [-0.4, -0.2) is 64.8 Å².